The number of amides is 1. The standard InChI is InChI=1S/C30H29F2N9O3.C2H6/c1-5-26(42)40-9-8-39(14-18(40)3)30-33-13-22-27(38-30)28(35-15-34-22)37-21-10-17(2)24(12-25(21)43-4)44-19-6-7-23-20(11-19)36-16-41(23)29(31)32;1-2/h5-7,10-13,15-16,18,29H,1,8-9,14H2,2-4H3,(H,34,35,37);1-2H3/t18-;/m1./s1. The Morgan fingerprint density at radius 2 is 1.89 bits per heavy atom. The van der Waals surface area contributed by atoms with Crippen LogP contribution in [0.15, 0.2) is 61.8 Å². The number of carbonyl (C=O) groups is 1. The normalized spacial score (nSPS) is 14.7. The monoisotopic (exact) mass is 631 g/mol. The van der Waals surface area contributed by atoms with E-state index >= 15 is 0 Å². The lowest BCUT2D eigenvalue weighted by atomic mass is 10.1. The molecular weight excluding hydrogens is 596 g/mol. The molecule has 2 aromatic carbocycles. The number of hydrogen-bond donors (Lipinski definition) is 1. The number of ether oxygens (including phenoxy) is 2. The lowest BCUT2D eigenvalue weighted by molar-refractivity contribution is -0.128. The number of fused-ring (bicyclic) bond motifs is 2. The van der Waals surface area contributed by atoms with E-state index < -0.39 is 6.55 Å². The van der Waals surface area contributed by atoms with Crippen molar-refractivity contribution in [3.63, 3.8) is 0 Å². The zero-order valence-electron chi connectivity index (χ0n) is 26.2. The number of nitrogens with zero attached hydrogens (tertiary/aromatic N) is 8. The number of nitrogens with one attached hydrogen (secondary N) is 1. The predicted molar refractivity (Wildman–Crippen MR) is 172 cm³/mol. The Bertz CT molecular complexity index is 1880. The van der Waals surface area contributed by atoms with E-state index in [2.05, 4.69) is 31.8 Å². The van der Waals surface area contributed by atoms with Crippen molar-refractivity contribution in [1.82, 2.24) is 34.4 Å². The van der Waals surface area contributed by atoms with Crippen LogP contribution in [0.3, 0.4) is 0 Å². The number of anilines is 3. The summed E-state index contributed by atoms with van der Waals surface area (Å²) < 4.78 is 39.0. The molecule has 14 heteroatoms. The van der Waals surface area contributed by atoms with Crippen LogP contribution >= 0.6 is 0 Å². The van der Waals surface area contributed by atoms with Gasteiger partial charge in [0.2, 0.25) is 11.9 Å². The summed E-state index contributed by atoms with van der Waals surface area (Å²) in [5, 5.41) is 3.32. The highest BCUT2D eigenvalue weighted by molar-refractivity contribution is 5.89. The number of aryl methyl sites for hydroxylation is 1. The van der Waals surface area contributed by atoms with Gasteiger partial charge < -0.3 is 24.6 Å². The van der Waals surface area contributed by atoms with E-state index in [1.54, 1.807) is 42.5 Å². The van der Waals surface area contributed by atoms with Gasteiger partial charge in [0.15, 0.2) is 5.82 Å². The Balaban J connectivity index is 0.00000204. The lowest BCUT2D eigenvalue weighted by Crippen LogP contribution is -2.54. The first-order chi connectivity index (χ1) is 22.2. The van der Waals surface area contributed by atoms with Crippen molar-refractivity contribution in [3.05, 3.63) is 67.4 Å². The van der Waals surface area contributed by atoms with Gasteiger partial charge in [0.1, 0.15) is 40.9 Å². The Morgan fingerprint density at radius 1 is 1.09 bits per heavy atom. The lowest BCUT2D eigenvalue weighted by Gasteiger charge is -2.39. The first kappa shape index (κ1) is 32.0. The van der Waals surface area contributed by atoms with E-state index in [-0.39, 0.29) is 11.9 Å². The van der Waals surface area contributed by atoms with E-state index in [9.17, 15) is 13.6 Å². The average molecular weight is 632 g/mol. The number of benzene rings is 2. The summed E-state index contributed by atoms with van der Waals surface area (Å²) in [6.07, 6.45) is 5.51. The van der Waals surface area contributed by atoms with Gasteiger partial charge in [-0.3, -0.25) is 9.36 Å². The maximum atomic E-state index is 13.2. The third kappa shape index (κ3) is 6.36. The van der Waals surface area contributed by atoms with Gasteiger partial charge >= 0.3 is 6.55 Å². The molecule has 1 N–H and O–H groups in total. The minimum absolute atomic E-state index is 0.0389. The number of methoxy groups -OCH3 is 1. The highest BCUT2D eigenvalue weighted by atomic mass is 19.3. The quantitative estimate of drug-likeness (QED) is 0.196. The molecule has 0 radical (unpaired) electrons. The molecule has 1 aliphatic heterocycles. The van der Waals surface area contributed by atoms with Crippen molar-refractivity contribution in [2.24, 2.45) is 0 Å². The number of alkyl halides is 2. The molecule has 5 aromatic rings. The fraction of sp³-hybridized carbons (Fsp3) is 0.312. The number of carbonyl (C=O) groups excluding carboxylic acids is 1. The minimum atomic E-state index is -2.68. The van der Waals surface area contributed by atoms with Crippen LogP contribution in [0.1, 0.15) is 32.9 Å². The maximum Gasteiger partial charge on any atom is 0.320 e. The van der Waals surface area contributed by atoms with E-state index in [0.29, 0.717) is 76.4 Å². The topological polar surface area (TPSA) is 123 Å². The summed E-state index contributed by atoms with van der Waals surface area (Å²) in [5.74, 6) is 2.30. The zero-order chi connectivity index (χ0) is 33.0. The summed E-state index contributed by atoms with van der Waals surface area (Å²) in [4.78, 5) is 38.1. The number of halogens is 2. The number of imidazole rings is 1. The largest absolute Gasteiger partial charge is 0.494 e. The number of hydrogen-bond acceptors (Lipinski definition) is 10. The molecule has 6 rings (SSSR count). The van der Waals surface area contributed by atoms with Crippen LogP contribution in [0.2, 0.25) is 0 Å². The molecule has 0 aliphatic carbocycles. The van der Waals surface area contributed by atoms with Crippen molar-refractivity contribution >= 4 is 45.4 Å². The summed E-state index contributed by atoms with van der Waals surface area (Å²) in [7, 11) is 1.54. The summed E-state index contributed by atoms with van der Waals surface area (Å²) in [6, 6.07) is 8.31. The van der Waals surface area contributed by atoms with Crippen LogP contribution in [-0.2, 0) is 4.79 Å². The van der Waals surface area contributed by atoms with Crippen LogP contribution in [0, 0.1) is 6.92 Å². The minimum Gasteiger partial charge on any atom is -0.494 e. The third-order valence-electron chi connectivity index (χ3n) is 7.47. The highest BCUT2D eigenvalue weighted by Crippen LogP contribution is 2.38. The second kappa shape index (κ2) is 13.7. The van der Waals surface area contributed by atoms with Crippen molar-refractivity contribution in [3.8, 4) is 17.2 Å². The van der Waals surface area contributed by atoms with E-state index in [1.807, 2.05) is 38.7 Å². The number of rotatable bonds is 8. The predicted octanol–water partition coefficient (Wildman–Crippen LogP) is 6.27. The van der Waals surface area contributed by atoms with Gasteiger partial charge in [0.25, 0.3) is 0 Å². The second-order valence-corrected chi connectivity index (χ2v) is 10.3. The van der Waals surface area contributed by atoms with Crippen molar-refractivity contribution in [2.75, 3.05) is 37.0 Å². The molecule has 46 heavy (non-hydrogen) atoms. The first-order valence-corrected chi connectivity index (χ1v) is 14.8. The van der Waals surface area contributed by atoms with Gasteiger partial charge in [0, 0.05) is 37.8 Å². The molecule has 0 saturated carbocycles. The molecule has 1 amide bonds. The molecule has 240 valence electrons. The molecule has 1 aliphatic rings. The van der Waals surface area contributed by atoms with Crippen molar-refractivity contribution in [2.45, 2.75) is 40.3 Å². The molecule has 1 fully saturated rings. The van der Waals surface area contributed by atoms with Gasteiger partial charge in [-0.2, -0.15) is 8.78 Å². The average Bonchev–Trinajstić information content (AvgIpc) is 3.50. The second-order valence-electron chi connectivity index (χ2n) is 10.3. The molecule has 0 unspecified atom stereocenters. The highest BCUT2D eigenvalue weighted by Gasteiger charge is 2.28. The molecule has 1 saturated heterocycles. The Kier molecular flexibility index (Phi) is 9.54. The fourth-order valence-electron chi connectivity index (χ4n) is 5.20. The molecule has 0 spiro atoms. The Morgan fingerprint density at radius 3 is 2.61 bits per heavy atom. The van der Waals surface area contributed by atoms with Crippen molar-refractivity contribution in [1.29, 1.82) is 0 Å². The van der Waals surface area contributed by atoms with Gasteiger partial charge in [-0.25, -0.2) is 24.9 Å². The molecule has 3 aromatic heterocycles. The van der Waals surface area contributed by atoms with Crippen LogP contribution < -0.4 is 19.7 Å². The van der Waals surface area contributed by atoms with Crippen LogP contribution in [0.25, 0.3) is 22.1 Å². The number of aromatic nitrogens is 6. The van der Waals surface area contributed by atoms with E-state index in [4.69, 9.17) is 14.5 Å². The Labute approximate surface area is 264 Å². The zero-order valence-corrected chi connectivity index (χ0v) is 26.2. The Hall–Kier alpha value is -5.40. The van der Waals surface area contributed by atoms with Gasteiger partial charge in [-0.1, -0.05) is 20.4 Å². The fourth-order valence-corrected chi connectivity index (χ4v) is 5.20. The number of piperazine rings is 1. The molecule has 0 bridgehead atoms. The molecule has 4 heterocycles. The van der Waals surface area contributed by atoms with Gasteiger partial charge in [-0.15, -0.1) is 0 Å². The molecular formula is C32H35F2N9O3. The first-order valence-electron chi connectivity index (χ1n) is 14.8. The van der Waals surface area contributed by atoms with Crippen LogP contribution in [0.4, 0.5) is 26.2 Å². The molecule has 12 nitrogen and oxygen atoms in total. The van der Waals surface area contributed by atoms with Crippen LogP contribution in [-0.4, -0.2) is 73.1 Å². The summed E-state index contributed by atoms with van der Waals surface area (Å²) >= 11 is 0. The van der Waals surface area contributed by atoms with Gasteiger partial charge in [0.05, 0.1) is 30.0 Å². The van der Waals surface area contributed by atoms with E-state index in [0.717, 1.165) is 16.5 Å². The molecule has 1 atom stereocenters. The SMILES string of the molecule is C=CC(=O)N1CCN(c2ncc3ncnc(Nc4cc(C)c(Oc5ccc6c(c5)ncn6C(F)F)cc4OC)c3n2)C[C@H]1C.CC. The van der Waals surface area contributed by atoms with E-state index in [1.165, 1.54) is 12.4 Å². The van der Waals surface area contributed by atoms with Gasteiger partial charge in [-0.05, 0) is 43.7 Å². The van der Waals surface area contributed by atoms with Crippen molar-refractivity contribution < 1.29 is 23.0 Å². The maximum absolute atomic E-state index is 13.2. The van der Waals surface area contributed by atoms with Crippen LogP contribution in [0.5, 0.6) is 17.2 Å². The summed E-state index contributed by atoms with van der Waals surface area (Å²) in [5.41, 5.74) is 3.18. The smallest absolute Gasteiger partial charge is 0.320 e. The summed E-state index contributed by atoms with van der Waals surface area (Å²) in [6.45, 7) is 10.4. The third-order valence-corrected chi connectivity index (χ3v) is 7.47.